The third-order valence-electron chi connectivity index (χ3n) is 4.01. The van der Waals surface area contributed by atoms with E-state index in [1.807, 2.05) is 55.5 Å². The maximum atomic E-state index is 12.7. The average Bonchev–Trinajstić information content (AvgIpc) is 3.03. The molecule has 5 nitrogen and oxygen atoms in total. The minimum atomic E-state index is -0.360. The average molecular weight is 412 g/mol. The molecule has 0 aliphatic carbocycles. The summed E-state index contributed by atoms with van der Waals surface area (Å²) >= 11 is 6.90. The molecule has 2 N–H and O–H groups in total. The highest BCUT2D eigenvalue weighted by molar-refractivity contribution is 7.80. The molecule has 0 bridgehead atoms. The van der Waals surface area contributed by atoms with Gasteiger partial charge in [0.05, 0.1) is 18.8 Å². The third kappa shape index (κ3) is 4.74. The molecule has 0 radical (unpaired) electrons. The number of aryl methyl sites for hydroxylation is 1. The van der Waals surface area contributed by atoms with Crippen LogP contribution < -0.4 is 10.6 Å². The summed E-state index contributed by atoms with van der Waals surface area (Å²) in [6.07, 6.45) is 1.74. The third-order valence-corrected chi connectivity index (χ3v) is 5.28. The zero-order valence-electron chi connectivity index (χ0n) is 15.7. The fraction of sp³-hybridized carbons (Fsp3) is 0.190. The van der Waals surface area contributed by atoms with E-state index >= 15 is 0 Å². The Balaban J connectivity index is 1.85. The molecule has 0 spiro atoms. The van der Waals surface area contributed by atoms with Crippen molar-refractivity contribution in [2.45, 2.75) is 20.4 Å². The Bertz CT molecular complexity index is 957. The van der Waals surface area contributed by atoms with E-state index in [-0.39, 0.29) is 5.97 Å². The van der Waals surface area contributed by atoms with Crippen molar-refractivity contribution >= 4 is 39.6 Å². The van der Waals surface area contributed by atoms with Crippen LogP contribution in [0, 0.1) is 6.92 Å². The molecule has 0 aliphatic heterocycles. The number of rotatable bonds is 6. The topological polar surface area (TPSA) is 63.2 Å². The number of hydrogen-bond donors (Lipinski definition) is 2. The van der Waals surface area contributed by atoms with E-state index < -0.39 is 0 Å². The van der Waals surface area contributed by atoms with Gasteiger partial charge in [-0.3, -0.25) is 4.98 Å². The normalized spacial score (nSPS) is 10.4. The number of thiocarbonyl (C=S) groups is 1. The van der Waals surface area contributed by atoms with E-state index in [0.717, 1.165) is 21.7 Å². The molecule has 3 rings (SSSR count). The van der Waals surface area contributed by atoms with Gasteiger partial charge in [0.1, 0.15) is 10.6 Å². The summed E-state index contributed by atoms with van der Waals surface area (Å²) < 4.78 is 5.31. The minimum absolute atomic E-state index is 0.309. The maximum absolute atomic E-state index is 12.7. The van der Waals surface area contributed by atoms with E-state index in [0.29, 0.717) is 28.8 Å². The number of carbonyl (C=O) groups is 1. The van der Waals surface area contributed by atoms with Crippen LogP contribution in [0.4, 0.5) is 5.00 Å². The van der Waals surface area contributed by atoms with E-state index in [9.17, 15) is 4.79 Å². The van der Waals surface area contributed by atoms with Crippen molar-refractivity contribution in [3.05, 3.63) is 70.9 Å². The van der Waals surface area contributed by atoms with Crippen molar-refractivity contribution in [3.63, 3.8) is 0 Å². The van der Waals surface area contributed by atoms with Gasteiger partial charge in [0, 0.05) is 16.6 Å². The Morgan fingerprint density at radius 1 is 1.18 bits per heavy atom. The molecule has 7 heteroatoms. The molecule has 144 valence electrons. The van der Waals surface area contributed by atoms with Gasteiger partial charge in [0.15, 0.2) is 5.11 Å². The monoisotopic (exact) mass is 411 g/mol. The predicted octanol–water partition coefficient (Wildman–Crippen LogP) is 4.78. The molecule has 0 saturated carbocycles. The number of esters is 1. The van der Waals surface area contributed by atoms with E-state index in [1.165, 1.54) is 11.3 Å². The minimum Gasteiger partial charge on any atom is -0.462 e. The first-order valence-corrected chi connectivity index (χ1v) is 10.1. The number of ether oxygens (including phenoxy) is 1. The van der Waals surface area contributed by atoms with Gasteiger partial charge in [-0.2, -0.15) is 0 Å². The number of nitrogens with one attached hydrogen (secondary N) is 2. The van der Waals surface area contributed by atoms with Crippen LogP contribution in [-0.4, -0.2) is 22.7 Å². The van der Waals surface area contributed by atoms with Gasteiger partial charge in [-0.25, -0.2) is 4.79 Å². The predicted molar refractivity (Wildman–Crippen MR) is 118 cm³/mol. The molecule has 2 aromatic heterocycles. The molecular weight excluding hydrogens is 390 g/mol. The first-order valence-electron chi connectivity index (χ1n) is 8.90. The summed E-state index contributed by atoms with van der Waals surface area (Å²) in [5.41, 5.74) is 3.24. The van der Waals surface area contributed by atoms with Gasteiger partial charge in [0.25, 0.3) is 0 Å². The number of pyridine rings is 1. The molecule has 28 heavy (non-hydrogen) atoms. The zero-order chi connectivity index (χ0) is 19.9. The Morgan fingerprint density at radius 3 is 2.61 bits per heavy atom. The number of thiophene rings is 1. The zero-order valence-corrected chi connectivity index (χ0v) is 17.3. The van der Waals surface area contributed by atoms with Crippen molar-refractivity contribution in [2.75, 3.05) is 11.9 Å². The summed E-state index contributed by atoms with van der Waals surface area (Å²) in [7, 11) is 0. The van der Waals surface area contributed by atoms with Crippen LogP contribution >= 0.6 is 23.6 Å². The van der Waals surface area contributed by atoms with Gasteiger partial charge in [0.2, 0.25) is 0 Å². The van der Waals surface area contributed by atoms with Crippen LogP contribution in [0.25, 0.3) is 11.1 Å². The fourth-order valence-electron chi connectivity index (χ4n) is 2.80. The van der Waals surface area contributed by atoms with Crippen molar-refractivity contribution in [2.24, 2.45) is 0 Å². The van der Waals surface area contributed by atoms with Crippen LogP contribution in [0.1, 0.15) is 27.9 Å². The largest absolute Gasteiger partial charge is 0.462 e. The Labute approximate surface area is 173 Å². The molecule has 1 aromatic carbocycles. The SMILES string of the molecule is CCOC(=O)c1c(NC(=S)NCc2ccccn2)sc(C)c1-c1ccccc1. The quantitative estimate of drug-likeness (QED) is 0.449. The Morgan fingerprint density at radius 2 is 1.93 bits per heavy atom. The second-order valence-electron chi connectivity index (χ2n) is 5.95. The van der Waals surface area contributed by atoms with Gasteiger partial charge < -0.3 is 15.4 Å². The summed E-state index contributed by atoms with van der Waals surface area (Å²) in [5, 5.41) is 7.39. The summed E-state index contributed by atoms with van der Waals surface area (Å²) in [6, 6.07) is 15.5. The van der Waals surface area contributed by atoms with E-state index in [1.54, 1.807) is 13.1 Å². The summed E-state index contributed by atoms with van der Waals surface area (Å²) in [4.78, 5) is 18.0. The highest BCUT2D eigenvalue weighted by atomic mass is 32.1. The number of nitrogens with zero attached hydrogens (tertiary/aromatic N) is 1. The molecule has 0 unspecified atom stereocenters. The van der Waals surface area contributed by atoms with Gasteiger partial charge in [-0.15, -0.1) is 11.3 Å². The second-order valence-corrected chi connectivity index (χ2v) is 7.59. The molecule has 0 saturated heterocycles. The smallest absolute Gasteiger partial charge is 0.341 e. The Hall–Kier alpha value is -2.77. The molecule has 0 atom stereocenters. The first kappa shape index (κ1) is 20.0. The Kier molecular flexibility index (Phi) is 6.73. The fourth-order valence-corrected chi connectivity index (χ4v) is 4.11. The number of benzene rings is 1. The molecule has 0 fully saturated rings. The maximum Gasteiger partial charge on any atom is 0.341 e. The molecule has 0 amide bonds. The van der Waals surface area contributed by atoms with Gasteiger partial charge in [-0.1, -0.05) is 36.4 Å². The van der Waals surface area contributed by atoms with Gasteiger partial charge in [-0.05, 0) is 43.8 Å². The van der Waals surface area contributed by atoms with Crippen LogP contribution in [-0.2, 0) is 11.3 Å². The number of anilines is 1. The van der Waals surface area contributed by atoms with Crippen molar-refractivity contribution in [1.82, 2.24) is 10.3 Å². The van der Waals surface area contributed by atoms with Crippen LogP contribution in [0.3, 0.4) is 0 Å². The van der Waals surface area contributed by atoms with Crippen molar-refractivity contribution in [1.29, 1.82) is 0 Å². The number of aromatic nitrogens is 1. The second kappa shape index (κ2) is 9.43. The number of hydrogen-bond acceptors (Lipinski definition) is 5. The summed E-state index contributed by atoms with van der Waals surface area (Å²) in [6.45, 7) is 4.60. The van der Waals surface area contributed by atoms with Crippen molar-refractivity contribution < 1.29 is 9.53 Å². The molecule has 0 aliphatic rings. The standard InChI is InChI=1S/C21H21N3O2S2/c1-3-26-20(25)18-17(15-9-5-4-6-10-15)14(2)28-19(18)24-21(27)23-13-16-11-7-8-12-22-16/h4-12H,3,13H2,1-2H3,(H2,23,24,27). The lowest BCUT2D eigenvalue weighted by Gasteiger charge is -2.11. The van der Waals surface area contributed by atoms with E-state index in [4.69, 9.17) is 17.0 Å². The molecule has 2 heterocycles. The van der Waals surface area contributed by atoms with Gasteiger partial charge >= 0.3 is 5.97 Å². The summed E-state index contributed by atoms with van der Waals surface area (Å²) in [5.74, 6) is -0.360. The van der Waals surface area contributed by atoms with Crippen LogP contribution in [0.5, 0.6) is 0 Å². The lowest BCUT2D eigenvalue weighted by atomic mass is 10.0. The lowest BCUT2D eigenvalue weighted by molar-refractivity contribution is 0.0529. The lowest BCUT2D eigenvalue weighted by Crippen LogP contribution is -2.28. The molecule has 3 aromatic rings. The first-order chi connectivity index (χ1) is 13.6. The highest BCUT2D eigenvalue weighted by Gasteiger charge is 2.24. The van der Waals surface area contributed by atoms with Crippen molar-refractivity contribution in [3.8, 4) is 11.1 Å². The van der Waals surface area contributed by atoms with Crippen LogP contribution in [0.15, 0.2) is 54.7 Å². The van der Waals surface area contributed by atoms with E-state index in [2.05, 4.69) is 15.6 Å². The highest BCUT2D eigenvalue weighted by Crippen LogP contribution is 2.40. The van der Waals surface area contributed by atoms with Crippen LogP contribution in [0.2, 0.25) is 0 Å². The molecular formula is C21H21N3O2S2. The number of carbonyl (C=O) groups excluding carboxylic acids is 1.